The van der Waals surface area contributed by atoms with Gasteiger partial charge in [0, 0.05) is 5.69 Å². The average Bonchev–Trinajstić information content (AvgIpc) is 2.53. The van der Waals surface area contributed by atoms with Gasteiger partial charge in [0.2, 0.25) is 0 Å². The van der Waals surface area contributed by atoms with Crippen molar-refractivity contribution in [2.75, 3.05) is 6.54 Å². The van der Waals surface area contributed by atoms with E-state index >= 15 is 0 Å². The molecule has 0 bridgehead atoms. The normalized spacial score (nSPS) is 11.1. The molecule has 0 spiro atoms. The van der Waals surface area contributed by atoms with Gasteiger partial charge in [0.05, 0.1) is 5.52 Å². The fourth-order valence-corrected chi connectivity index (χ4v) is 2.09. The van der Waals surface area contributed by atoms with Crippen molar-refractivity contribution >= 4 is 17.1 Å². The van der Waals surface area contributed by atoms with Crippen LogP contribution < -0.4 is 5.73 Å². The lowest BCUT2D eigenvalue weighted by Crippen LogP contribution is -2.04. The average molecular weight is 224 g/mol. The van der Waals surface area contributed by atoms with Crippen LogP contribution in [0.1, 0.15) is 17.9 Å². The molecule has 2 N–H and O–H groups in total. The van der Waals surface area contributed by atoms with Gasteiger partial charge in [0.1, 0.15) is 5.82 Å². The SMILES string of the molecule is Cc1nc(Cl)c2cccc(CCCN)n12. The van der Waals surface area contributed by atoms with Crippen molar-refractivity contribution in [3.8, 4) is 0 Å². The van der Waals surface area contributed by atoms with E-state index in [1.165, 1.54) is 5.69 Å². The number of nitrogens with zero attached hydrogens (tertiary/aromatic N) is 2. The molecule has 4 heteroatoms. The molecule has 0 amide bonds. The molecule has 0 saturated carbocycles. The Kier molecular flexibility index (Phi) is 2.93. The van der Waals surface area contributed by atoms with Gasteiger partial charge >= 0.3 is 0 Å². The predicted molar refractivity (Wildman–Crippen MR) is 62.3 cm³/mol. The standard InChI is InChI=1S/C11H14ClN3/c1-8-14-11(12)10-6-2-4-9(15(8)10)5-3-7-13/h2,4,6H,3,5,7,13H2,1H3. The van der Waals surface area contributed by atoms with E-state index in [-0.39, 0.29) is 0 Å². The van der Waals surface area contributed by atoms with Crippen molar-refractivity contribution in [3.63, 3.8) is 0 Å². The summed E-state index contributed by atoms with van der Waals surface area (Å²) in [6.07, 6.45) is 1.94. The number of halogens is 1. The second kappa shape index (κ2) is 4.21. The number of aryl methyl sites for hydroxylation is 2. The summed E-state index contributed by atoms with van der Waals surface area (Å²) in [5, 5.41) is 0.571. The molecule has 2 aromatic heterocycles. The monoisotopic (exact) mass is 223 g/mol. The minimum absolute atomic E-state index is 0.571. The summed E-state index contributed by atoms with van der Waals surface area (Å²) < 4.78 is 2.10. The Labute approximate surface area is 93.9 Å². The van der Waals surface area contributed by atoms with Crippen LogP contribution in [0.5, 0.6) is 0 Å². The zero-order valence-electron chi connectivity index (χ0n) is 8.70. The summed E-state index contributed by atoms with van der Waals surface area (Å²) in [5.41, 5.74) is 7.71. The van der Waals surface area contributed by atoms with Crippen LogP contribution in [0.25, 0.3) is 5.52 Å². The second-order valence-corrected chi connectivity index (χ2v) is 3.94. The Morgan fingerprint density at radius 1 is 1.47 bits per heavy atom. The third-order valence-corrected chi connectivity index (χ3v) is 2.78. The van der Waals surface area contributed by atoms with Gasteiger partial charge in [0.25, 0.3) is 0 Å². The maximum Gasteiger partial charge on any atom is 0.155 e. The summed E-state index contributed by atoms with van der Waals surface area (Å²) in [4.78, 5) is 4.26. The van der Waals surface area contributed by atoms with Crippen molar-refractivity contribution in [3.05, 3.63) is 34.9 Å². The van der Waals surface area contributed by atoms with Crippen molar-refractivity contribution < 1.29 is 0 Å². The number of imidazole rings is 1. The lowest BCUT2D eigenvalue weighted by Gasteiger charge is -2.05. The van der Waals surface area contributed by atoms with Gasteiger partial charge < -0.3 is 5.73 Å². The molecule has 2 rings (SSSR count). The third-order valence-electron chi connectivity index (χ3n) is 2.50. The topological polar surface area (TPSA) is 43.3 Å². The van der Waals surface area contributed by atoms with Crippen molar-refractivity contribution in [1.82, 2.24) is 9.38 Å². The maximum atomic E-state index is 6.03. The molecule has 2 heterocycles. The van der Waals surface area contributed by atoms with Crippen LogP contribution in [0.15, 0.2) is 18.2 Å². The summed E-state index contributed by atoms with van der Waals surface area (Å²) in [7, 11) is 0. The van der Waals surface area contributed by atoms with Crippen LogP contribution >= 0.6 is 11.6 Å². The number of hydrogen-bond acceptors (Lipinski definition) is 2. The Hall–Kier alpha value is -1.06. The summed E-state index contributed by atoms with van der Waals surface area (Å²) in [6, 6.07) is 6.08. The largest absolute Gasteiger partial charge is 0.330 e. The Balaban J connectivity index is 2.54. The molecule has 2 aromatic rings. The summed E-state index contributed by atoms with van der Waals surface area (Å²) in [5.74, 6) is 0.933. The molecule has 0 saturated heterocycles. The minimum atomic E-state index is 0.571. The van der Waals surface area contributed by atoms with E-state index in [1.807, 2.05) is 19.1 Å². The molecule has 0 atom stereocenters. The van der Waals surface area contributed by atoms with E-state index < -0.39 is 0 Å². The van der Waals surface area contributed by atoms with E-state index in [9.17, 15) is 0 Å². The van der Waals surface area contributed by atoms with Gasteiger partial charge in [-0.3, -0.25) is 4.40 Å². The number of hydrogen-bond donors (Lipinski definition) is 1. The van der Waals surface area contributed by atoms with Gasteiger partial charge in [-0.2, -0.15) is 0 Å². The van der Waals surface area contributed by atoms with Crippen molar-refractivity contribution in [2.45, 2.75) is 19.8 Å². The van der Waals surface area contributed by atoms with Crippen LogP contribution in [0.3, 0.4) is 0 Å². The quantitative estimate of drug-likeness (QED) is 0.867. The van der Waals surface area contributed by atoms with E-state index in [2.05, 4.69) is 15.5 Å². The molecular weight excluding hydrogens is 210 g/mol. The first-order chi connectivity index (χ1) is 7.24. The number of nitrogens with two attached hydrogens (primary N) is 1. The molecule has 0 fully saturated rings. The number of pyridine rings is 1. The van der Waals surface area contributed by atoms with Crippen molar-refractivity contribution in [2.24, 2.45) is 5.73 Å². The molecule has 0 aliphatic carbocycles. The van der Waals surface area contributed by atoms with Gasteiger partial charge in [0.15, 0.2) is 5.15 Å². The summed E-state index contributed by atoms with van der Waals surface area (Å²) in [6.45, 7) is 2.67. The zero-order valence-corrected chi connectivity index (χ0v) is 9.46. The van der Waals surface area contributed by atoms with Crippen LogP contribution in [-0.2, 0) is 6.42 Å². The highest BCUT2D eigenvalue weighted by atomic mass is 35.5. The maximum absolute atomic E-state index is 6.03. The van der Waals surface area contributed by atoms with E-state index in [0.29, 0.717) is 11.7 Å². The van der Waals surface area contributed by atoms with Crippen LogP contribution in [-0.4, -0.2) is 15.9 Å². The van der Waals surface area contributed by atoms with Gasteiger partial charge in [-0.05, 0) is 38.4 Å². The highest BCUT2D eigenvalue weighted by Gasteiger charge is 2.08. The Morgan fingerprint density at radius 2 is 2.27 bits per heavy atom. The van der Waals surface area contributed by atoms with Gasteiger partial charge in [-0.1, -0.05) is 17.7 Å². The highest BCUT2D eigenvalue weighted by molar-refractivity contribution is 6.32. The molecule has 3 nitrogen and oxygen atoms in total. The van der Waals surface area contributed by atoms with E-state index in [4.69, 9.17) is 17.3 Å². The minimum Gasteiger partial charge on any atom is -0.330 e. The number of rotatable bonds is 3. The fourth-order valence-electron chi connectivity index (χ4n) is 1.82. The van der Waals surface area contributed by atoms with Gasteiger partial charge in [-0.15, -0.1) is 0 Å². The number of aromatic nitrogens is 2. The van der Waals surface area contributed by atoms with Crippen LogP contribution in [0.4, 0.5) is 0 Å². The molecule has 0 radical (unpaired) electrons. The molecule has 0 aliphatic rings. The van der Waals surface area contributed by atoms with E-state index in [0.717, 1.165) is 24.2 Å². The smallest absolute Gasteiger partial charge is 0.155 e. The first-order valence-corrected chi connectivity index (χ1v) is 5.44. The lowest BCUT2D eigenvalue weighted by molar-refractivity contribution is 0.789. The first kappa shape index (κ1) is 10.5. The highest BCUT2D eigenvalue weighted by Crippen LogP contribution is 2.20. The van der Waals surface area contributed by atoms with Crippen LogP contribution in [0, 0.1) is 6.92 Å². The molecule has 80 valence electrons. The lowest BCUT2D eigenvalue weighted by atomic mass is 10.2. The Bertz CT molecular complexity index is 476. The third kappa shape index (κ3) is 1.85. The van der Waals surface area contributed by atoms with Crippen molar-refractivity contribution in [1.29, 1.82) is 0 Å². The first-order valence-electron chi connectivity index (χ1n) is 5.06. The van der Waals surface area contributed by atoms with E-state index in [1.54, 1.807) is 0 Å². The second-order valence-electron chi connectivity index (χ2n) is 3.58. The van der Waals surface area contributed by atoms with Crippen LogP contribution in [0.2, 0.25) is 5.15 Å². The molecule has 15 heavy (non-hydrogen) atoms. The number of fused-ring (bicyclic) bond motifs is 1. The fraction of sp³-hybridized carbons (Fsp3) is 0.364. The molecular formula is C11H14ClN3. The summed E-state index contributed by atoms with van der Waals surface area (Å²) >= 11 is 6.03. The molecule has 0 unspecified atom stereocenters. The van der Waals surface area contributed by atoms with Gasteiger partial charge in [-0.25, -0.2) is 4.98 Å². The molecule has 0 aliphatic heterocycles. The molecule has 0 aromatic carbocycles. The predicted octanol–water partition coefficient (Wildman–Crippen LogP) is 2.19. The Morgan fingerprint density at radius 3 is 3.00 bits per heavy atom. The zero-order chi connectivity index (χ0) is 10.8.